The van der Waals surface area contributed by atoms with Crippen LogP contribution in [-0.2, 0) is 4.79 Å². The van der Waals surface area contributed by atoms with Crippen LogP contribution < -0.4 is 5.32 Å². The molecule has 20 heavy (non-hydrogen) atoms. The third kappa shape index (κ3) is 3.59. The van der Waals surface area contributed by atoms with E-state index in [1.807, 2.05) is 5.38 Å². The van der Waals surface area contributed by atoms with Crippen molar-refractivity contribution in [3.05, 3.63) is 51.7 Å². The van der Waals surface area contributed by atoms with Crippen LogP contribution >= 0.6 is 22.9 Å². The van der Waals surface area contributed by atoms with E-state index in [9.17, 15) is 9.59 Å². The number of likely N-dealkylation sites (N-methyl/N-ethyl adjacent to an activating group) is 1. The molecule has 0 aliphatic heterocycles. The summed E-state index contributed by atoms with van der Waals surface area (Å²) in [5.74, 6) is -0.459. The van der Waals surface area contributed by atoms with Gasteiger partial charge in [-0.2, -0.15) is 0 Å². The highest BCUT2D eigenvalue weighted by molar-refractivity contribution is 7.12. The zero-order valence-electron chi connectivity index (χ0n) is 10.8. The van der Waals surface area contributed by atoms with E-state index in [0.717, 1.165) is 0 Å². The Balaban J connectivity index is 1.95. The molecule has 0 radical (unpaired) electrons. The fraction of sp³-hybridized carbons (Fsp3) is 0.143. The molecule has 4 nitrogen and oxygen atoms in total. The van der Waals surface area contributed by atoms with Gasteiger partial charge in [-0.05, 0) is 23.6 Å². The first-order valence-corrected chi connectivity index (χ1v) is 7.17. The van der Waals surface area contributed by atoms with Gasteiger partial charge in [0.25, 0.3) is 5.91 Å². The Bertz CT molecular complexity index is 613. The number of benzene rings is 1. The molecule has 104 valence electrons. The number of para-hydroxylation sites is 1. The zero-order chi connectivity index (χ0) is 14.5. The van der Waals surface area contributed by atoms with E-state index in [1.54, 1.807) is 43.4 Å². The molecule has 2 aromatic rings. The Morgan fingerprint density at radius 1 is 1.25 bits per heavy atom. The lowest BCUT2D eigenvalue weighted by atomic mass is 10.3. The number of rotatable bonds is 4. The lowest BCUT2D eigenvalue weighted by Crippen LogP contribution is -2.34. The molecule has 0 unspecified atom stereocenters. The van der Waals surface area contributed by atoms with Crippen LogP contribution in [0.2, 0.25) is 5.02 Å². The van der Waals surface area contributed by atoms with Gasteiger partial charge in [0.05, 0.1) is 22.1 Å². The van der Waals surface area contributed by atoms with Gasteiger partial charge in [-0.25, -0.2) is 0 Å². The van der Waals surface area contributed by atoms with E-state index in [0.29, 0.717) is 15.6 Å². The van der Waals surface area contributed by atoms with E-state index in [2.05, 4.69) is 5.32 Å². The number of amides is 2. The molecular weight excluding hydrogens is 296 g/mol. The molecule has 2 amide bonds. The molecule has 0 fully saturated rings. The summed E-state index contributed by atoms with van der Waals surface area (Å²) in [7, 11) is 1.59. The van der Waals surface area contributed by atoms with Crippen molar-refractivity contribution in [2.75, 3.05) is 18.9 Å². The second kappa shape index (κ2) is 6.54. The quantitative estimate of drug-likeness (QED) is 0.943. The lowest BCUT2D eigenvalue weighted by Gasteiger charge is -2.16. The normalized spacial score (nSPS) is 10.1. The minimum Gasteiger partial charge on any atom is -0.332 e. The third-order valence-corrected chi connectivity index (χ3v) is 3.79. The number of hydrogen-bond donors (Lipinski definition) is 1. The number of nitrogens with one attached hydrogen (secondary N) is 1. The van der Waals surface area contributed by atoms with Crippen LogP contribution in [0.1, 0.15) is 9.67 Å². The summed E-state index contributed by atoms with van der Waals surface area (Å²) in [6.45, 7) is -0.0258. The molecule has 1 heterocycles. The van der Waals surface area contributed by atoms with E-state index in [1.165, 1.54) is 16.2 Å². The van der Waals surface area contributed by atoms with Crippen LogP contribution in [0.3, 0.4) is 0 Å². The number of hydrogen-bond acceptors (Lipinski definition) is 3. The smallest absolute Gasteiger partial charge is 0.264 e. The van der Waals surface area contributed by atoms with Gasteiger partial charge < -0.3 is 10.2 Å². The van der Waals surface area contributed by atoms with Crippen molar-refractivity contribution >= 4 is 40.4 Å². The van der Waals surface area contributed by atoms with Crippen molar-refractivity contribution in [1.29, 1.82) is 0 Å². The van der Waals surface area contributed by atoms with Crippen LogP contribution in [0, 0.1) is 0 Å². The summed E-state index contributed by atoms with van der Waals surface area (Å²) < 4.78 is 0. The maximum absolute atomic E-state index is 12.0. The van der Waals surface area contributed by atoms with Crippen LogP contribution in [-0.4, -0.2) is 30.3 Å². The maximum atomic E-state index is 12.0. The number of anilines is 1. The fourth-order valence-corrected chi connectivity index (χ4v) is 2.53. The Morgan fingerprint density at radius 2 is 2.00 bits per heavy atom. The van der Waals surface area contributed by atoms with Gasteiger partial charge in [0, 0.05) is 7.05 Å². The first-order chi connectivity index (χ1) is 9.58. The van der Waals surface area contributed by atoms with Crippen LogP contribution in [0.4, 0.5) is 5.69 Å². The molecule has 0 aliphatic carbocycles. The molecule has 1 aromatic carbocycles. The van der Waals surface area contributed by atoms with Crippen molar-refractivity contribution in [1.82, 2.24) is 4.90 Å². The van der Waals surface area contributed by atoms with Crippen LogP contribution in [0.5, 0.6) is 0 Å². The van der Waals surface area contributed by atoms with Gasteiger partial charge >= 0.3 is 0 Å². The zero-order valence-corrected chi connectivity index (χ0v) is 12.4. The van der Waals surface area contributed by atoms with Gasteiger partial charge in [0.1, 0.15) is 0 Å². The van der Waals surface area contributed by atoms with Crippen molar-refractivity contribution in [2.24, 2.45) is 0 Å². The second-order valence-corrected chi connectivity index (χ2v) is 5.52. The SMILES string of the molecule is CN(CC(=O)Nc1ccccc1Cl)C(=O)c1cccs1. The monoisotopic (exact) mass is 308 g/mol. The number of carbonyl (C=O) groups excluding carboxylic acids is 2. The molecule has 6 heteroatoms. The summed E-state index contributed by atoms with van der Waals surface area (Å²) in [6.07, 6.45) is 0. The predicted octanol–water partition coefficient (Wildman–Crippen LogP) is 3.11. The highest BCUT2D eigenvalue weighted by Crippen LogP contribution is 2.20. The van der Waals surface area contributed by atoms with Crippen molar-refractivity contribution in [3.8, 4) is 0 Å². The highest BCUT2D eigenvalue weighted by atomic mass is 35.5. The minimum absolute atomic E-state index is 0.0258. The molecule has 0 spiro atoms. The summed E-state index contributed by atoms with van der Waals surface area (Å²) in [6, 6.07) is 10.5. The van der Waals surface area contributed by atoms with E-state index >= 15 is 0 Å². The van der Waals surface area contributed by atoms with Crippen LogP contribution in [0.25, 0.3) is 0 Å². The first-order valence-electron chi connectivity index (χ1n) is 5.91. The summed E-state index contributed by atoms with van der Waals surface area (Å²) >= 11 is 7.30. The molecule has 2 rings (SSSR count). The number of thiophene rings is 1. The van der Waals surface area contributed by atoms with Crippen LogP contribution in [0.15, 0.2) is 41.8 Å². The molecule has 1 aromatic heterocycles. The Labute approximate surface area is 126 Å². The average Bonchev–Trinajstić information content (AvgIpc) is 2.94. The molecule has 0 aliphatic rings. The van der Waals surface area contributed by atoms with E-state index in [-0.39, 0.29) is 18.4 Å². The number of nitrogens with zero attached hydrogens (tertiary/aromatic N) is 1. The Hall–Kier alpha value is -1.85. The summed E-state index contributed by atoms with van der Waals surface area (Å²) in [5.41, 5.74) is 0.538. The van der Waals surface area contributed by atoms with Gasteiger partial charge in [0.15, 0.2) is 0 Å². The topological polar surface area (TPSA) is 49.4 Å². The molecule has 0 bridgehead atoms. The average molecular weight is 309 g/mol. The van der Waals surface area contributed by atoms with Gasteiger partial charge in [-0.15, -0.1) is 11.3 Å². The Morgan fingerprint density at radius 3 is 2.65 bits per heavy atom. The molecule has 0 saturated carbocycles. The largest absolute Gasteiger partial charge is 0.332 e. The van der Waals surface area contributed by atoms with Gasteiger partial charge in [-0.3, -0.25) is 9.59 Å². The number of halogens is 1. The molecule has 1 N–H and O–H groups in total. The van der Waals surface area contributed by atoms with Crippen molar-refractivity contribution in [2.45, 2.75) is 0 Å². The molecule has 0 saturated heterocycles. The molecule has 0 atom stereocenters. The lowest BCUT2D eigenvalue weighted by molar-refractivity contribution is -0.116. The number of carbonyl (C=O) groups is 2. The van der Waals surface area contributed by atoms with Crippen molar-refractivity contribution in [3.63, 3.8) is 0 Å². The minimum atomic E-state index is -0.287. The van der Waals surface area contributed by atoms with Crippen molar-refractivity contribution < 1.29 is 9.59 Å². The van der Waals surface area contributed by atoms with E-state index < -0.39 is 0 Å². The fourth-order valence-electron chi connectivity index (χ4n) is 1.63. The van der Waals surface area contributed by atoms with Gasteiger partial charge in [0.2, 0.25) is 5.91 Å². The maximum Gasteiger partial charge on any atom is 0.264 e. The summed E-state index contributed by atoms with van der Waals surface area (Å²) in [5, 5.41) is 4.97. The Kier molecular flexibility index (Phi) is 4.76. The third-order valence-electron chi connectivity index (χ3n) is 2.61. The summed E-state index contributed by atoms with van der Waals surface area (Å²) in [4.78, 5) is 25.9. The van der Waals surface area contributed by atoms with E-state index in [4.69, 9.17) is 11.6 Å². The standard InChI is InChI=1S/C14H13ClN2O2S/c1-17(14(19)12-7-4-8-20-12)9-13(18)16-11-6-3-2-5-10(11)15/h2-8H,9H2,1H3,(H,16,18). The second-order valence-electron chi connectivity index (χ2n) is 4.17. The first kappa shape index (κ1) is 14.6. The van der Waals surface area contributed by atoms with Gasteiger partial charge in [-0.1, -0.05) is 29.8 Å². The molecular formula is C14H13ClN2O2S. The highest BCUT2D eigenvalue weighted by Gasteiger charge is 2.16. The predicted molar refractivity (Wildman–Crippen MR) is 81.4 cm³/mol.